The Bertz CT molecular complexity index is 1090. The van der Waals surface area contributed by atoms with E-state index in [1.165, 1.54) is 6.07 Å². The van der Waals surface area contributed by atoms with Gasteiger partial charge in [0.1, 0.15) is 5.75 Å². The van der Waals surface area contributed by atoms with E-state index in [2.05, 4.69) is 31.4 Å². The molecule has 4 rings (SSSR count). The smallest absolute Gasteiger partial charge is 0.387 e. The Morgan fingerprint density at radius 2 is 1.88 bits per heavy atom. The third kappa shape index (κ3) is 5.23. The standard InChI is InChI=1S/C23H22F2N4O3/c1-26-23(28-12-15-5-4-6-16(9-15)18-7-2-3-8-27-18)29-13-17-10-20-21(31-14-30-20)11-19(17)32-22(24)25/h2-11,22H,12-14H2,1H3,(H2,26,28,29). The fourth-order valence-electron chi connectivity index (χ4n) is 3.27. The van der Waals surface area contributed by atoms with E-state index in [1.807, 2.05) is 36.4 Å². The molecular formula is C23H22F2N4O3. The molecule has 0 spiro atoms. The van der Waals surface area contributed by atoms with Gasteiger partial charge in [0, 0.05) is 43.5 Å². The number of guanidine groups is 1. The Morgan fingerprint density at radius 1 is 1.06 bits per heavy atom. The third-order valence-electron chi connectivity index (χ3n) is 4.79. The van der Waals surface area contributed by atoms with Crippen molar-refractivity contribution in [3.05, 3.63) is 71.9 Å². The van der Waals surface area contributed by atoms with E-state index in [0.29, 0.717) is 29.6 Å². The van der Waals surface area contributed by atoms with Crippen molar-refractivity contribution < 1.29 is 23.0 Å². The van der Waals surface area contributed by atoms with E-state index in [1.54, 1.807) is 19.3 Å². The molecule has 1 aliphatic rings. The van der Waals surface area contributed by atoms with Crippen LogP contribution in [0.3, 0.4) is 0 Å². The van der Waals surface area contributed by atoms with E-state index in [9.17, 15) is 8.78 Å². The van der Waals surface area contributed by atoms with Crippen molar-refractivity contribution in [1.29, 1.82) is 0 Å². The van der Waals surface area contributed by atoms with Crippen LogP contribution in [-0.4, -0.2) is 31.4 Å². The van der Waals surface area contributed by atoms with Crippen LogP contribution in [0.25, 0.3) is 11.3 Å². The van der Waals surface area contributed by atoms with Crippen LogP contribution in [-0.2, 0) is 13.1 Å². The summed E-state index contributed by atoms with van der Waals surface area (Å²) in [4.78, 5) is 8.58. The Labute approximate surface area is 184 Å². The number of benzene rings is 2. The maximum atomic E-state index is 12.8. The first-order valence-corrected chi connectivity index (χ1v) is 9.94. The van der Waals surface area contributed by atoms with E-state index < -0.39 is 6.61 Å². The van der Waals surface area contributed by atoms with E-state index in [-0.39, 0.29) is 19.1 Å². The number of pyridine rings is 1. The number of nitrogens with one attached hydrogen (secondary N) is 2. The van der Waals surface area contributed by atoms with E-state index >= 15 is 0 Å². The van der Waals surface area contributed by atoms with Crippen molar-refractivity contribution in [3.63, 3.8) is 0 Å². The molecule has 2 heterocycles. The molecule has 0 fully saturated rings. The largest absolute Gasteiger partial charge is 0.454 e. The van der Waals surface area contributed by atoms with Gasteiger partial charge in [-0.3, -0.25) is 9.98 Å². The zero-order valence-electron chi connectivity index (χ0n) is 17.3. The van der Waals surface area contributed by atoms with Crippen LogP contribution in [0, 0.1) is 0 Å². The van der Waals surface area contributed by atoms with Gasteiger partial charge in [-0.2, -0.15) is 8.78 Å². The zero-order valence-corrected chi connectivity index (χ0v) is 17.3. The van der Waals surface area contributed by atoms with Crippen LogP contribution < -0.4 is 24.8 Å². The first-order chi connectivity index (χ1) is 15.6. The molecule has 0 atom stereocenters. The lowest BCUT2D eigenvalue weighted by Crippen LogP contribution is -2.36. The van der Waals surface area contributed by atoms with Crippen LogP contribution >= 0.6 is 0 Å². The second-order valence-electron chi connectivity index (χ2n) is 6.89. The summed E-state index contributed by atoms with van der Waals surface area (Å²) in [7, 11) is 1.63. The molecule has 0 amide bonds. The normalized spacial score (nSPS) is 12.7. The predicted octanol–water partition coefficient (Wildman–Crippen LogP) is 3.94. The lowest BCUT2D eigenvalue weighted by molar-refractivity contribution is -0.0505. The molecule has 2 aromatic carbocycles. The second-order valence-corrected chi connectivity index (χ2v) is 6.89. The number of halogens is 2. The lowest BCUT2D eigenvalue weighted by atomic mass is 10.1. The molecular weight excluding hydrogens is 418 g/mol. The summed E-state index contributed by atoms with van der Waals surface area (Å²) in [6.07, 6.45) is 1.76. The van der Waals surface area contributed by atoms with Gasteiger partial charge in [0.15, 0.2) is 17.5 Å². The highest BCUT2D eigenvalue weighted by molar-refractivity contribution is 5.79. The van der Waals surface area contributed by atoms with Crippen LogP contribution in [0.4, 0.5) is 8.78 Å². The number of alkyl halides is 2. The monoisotopic (exact) mass is 440 g/mol. The van der Waals surface area contributed by atoms with Gasteiger partial charge in [-0.15, -0.1) is 0 Å². The van der Waals surface area contributed by atoms with Crippen molar-refractivity contribution in [3.8, 4) is 28.5 Å². The average molecular weight is 440 g/mol. The van der Waals surface area contributed by atoms with Crippen LogP contribution in [0.1, 0.15) is 11.1 Å². The molecule has 0 radical (unpaired) electrons. The van der Waals surface area contributed by atoms with Gasteiger partial charge in [0.2, 0.25) is 6.79 Å². The molecule has 0 saturated heterocycles. The minimum Gasteiger partial charge on any atom is -0.454 e. The minimum absolute atomic E-state index is 0.0234. The van der Waals surface area contributed by atoms with Gasteiger partial charge in [-0.05, 0) is 29.8 Å². The van der Waals surface area contributed by atoms with Gasteiger partial charge in [-0.1, -0.05) is 24.3 Å². The highest BCUT2D eigenvalue weighted by atomic mass is 19.3. The van der Waals surface area contributed by atoms with Crippen molar-refractivity contribution in [1.82, 2.24) is 15.6 Å². The summed E-state index contributed by atoms with van der Waals surface area (Å²) in [5, 5.41) is 6.33. The van der Waals surface area contributed by atoms with E-state index in [0.717, 1.165) is 16.8 Å². The SMILES string of the molecule is CN=C(NCc1cccc(-c2ccccn2)c1)NCc1cc2c(cc1OC(F)F)OCO2. The average Bonchev–Trinajstić information content (AvgIpc) is 3.27. The Kier molecular flexibility index (Phi) is 6.64. The number of aliphatic imine (C=N–C) groups is 1. The number of ether oxygens (including phenoxy) is 3. The molecule has 0 bridgehead atoms. The van der Waals surface area contributed by atoms with Crippen molar-refractivity contribution >= 4 is 5.96 Å². The topological polar surface area (TPSA) is 77.0 Å². The Hall–Kier alpha value is -3.88. The molecule has 0 unspecified atom stereocenters. The quantitative estimate of drug-likeness (QED) is 0.428. The number of rotatable bonds is 7. The second kappa shape index (κ2) is 9.95. The molecule has 166 valence electrons. The van der Waals surface area contributed by atoms with Crippen LogP contribution in [0.5, 0.6) is 17.2 Å². The first kappa shape index (κ1) is 21.4. The molecule has 1 aliphatic heterocycles. The van der Waals surface area contributed by atoms with Gasteiger partial charge in [0.05, 0.1) is 5.69 Å². The Morgan fingerprint density at radius 3 is 2.62 bits per heavy atom. The fourth-order valence-corrected chi connectivity index (χ4v) is 3.27. The number of hydrogen-bond donors (Lipinski definition) is 2. The highest BCUT2D eigenvalue weighted by Crippen LogP contribution is 2.38. The van der Waals surface area contributed by atoms with Gasteiger partial charge >= 0.3 is 6.61 Å². The number of aromatic nitrogens is 1. The lowest BCUT2D eigenvalue weighted by Gasteiger charge is -2.15. The molecule has 2 N–H and O–H groups in total. The van der Waals surface area contributed by atoms with Crippen LogP contribution in [0.2, 0.25) is 0 Å². The molecule has 7 nitrogen and oxygen atoms in total. The minimum atomic E-state index is -2.95. The summed E-state index contributed by atoms with van der Waals surface area (Å²) in [5.74, 6) is 1.39. The number of nitrogens with zero attached hydrogens (tertiary/aromatic N) is 2. The number of fused-ring (bicyclic) bond motifs is 1. The fraction of sp³-hybridized carbons (Fsp3) is 0.217. The van der Waals surface area contributed by atoms with Gasteiger partial charge < -0.3 is 24.8 Å². The maximum absolute atomic E-state index is 12.8. The van der Waals surface area contributed by atoms with E-state index in [4.69, 9.17) is 9.47 Å². The summed E-state index contributed by atoms with van der Waals surface area (Å²) < 4.78 is 40.9. The van der Waals surface area contributed by atoms with Gasteiger partial charge in [0.25, 0.3) is 0 Å². The molecule has 1 aromatic heterocycles. The van der Waals surface area contributed by atoms with Crippen LogP contribution in [0.15, 0.2) is 65.8 Å². The third-order valence-corrected chi connectivity index (χ3v) is 4.79. The van der Waals surface area contributed by atoms with Crippen molar-refractivity contribution in [2.45, 2.75) is 19.7 Å². The summed E-state index contributed by atoms with van der Waals surface area (Å²) in [5.41, 5.74) is 3.45. The first-order valence-electron chi connectivity index (χ1n) is 9.94. The molecule has 0 aliphatic carbocycles. The van der Waals surface area contributed by atoms with Crippen molar-refractivity contribution in [2.75, 3.05) is 13.8 Å². The molecule has 9 heteroatoms. The molecule has 32 heavy (non-hydrogen) atoms. The highest BCUT2D eigenvalue weighted by Gasteiger charge is 2.20. The zero-order chi connectivity index (χ0) is 22.3. The van der Waals surface area contributed by atoms with Crippen molar-refractivity contribution in [2.24, 2.45) is 4.99 Å². The van der Waals surface area contributed by atoms with Gasteiger partial charge in [-0.25, -0.2) is 0 Å². The summed E-state index contributed by atoms with van der Waals surface area (Å²) in [6, 6.07) is 16.8. The summed E-state index contributed by atoms with van der Waals surface area (Å²) in [6.45, 7) is -2.19. The predicted molar refractivity (Wildman–Crippen MR) is 116 cm³/mol. The molecule has 3 aromatic rings. The molecule has 0 saturated carbocycles. The Balaban J connectivity index is 1.40. The maximum Gasteiger partial charge on any atom is 0.387 e. The summed E-state index contributed by atoms with van der Waals surface area (Å²) >= 11 is 0. The number of hydrogen-bond acceptors (Lipinski definition) is 5.